The number of nitrogens with zero attached hydrogens (tertiary/aromatic N) is 1. The fourth-order valence-electron chi connectivity index (χ4n) is 2.18. The number of benzene rings is 1. The van der Waals surface area contributed by atoms with Gasteiger partial charge in [0.2, 0.25) is 11.8 Å². The molecule has 21 heavy (non-hydrogen) atoms. The van der Waals surface area contributed by atoms with Gasteiger partial charge in [0, 0.05) is 13.0 Å². The number of aliphatic carboxylic acids is 1. The highest BCUT2D eigenvalue weighted by molar-refractivity contribution is 6.33. The van der Waals surface area contributed by atoms with Gasteiger partial charge in [0.1, 0.15) is 6.04 Å². The Balaban J connectivity index is 2.08. The molecular weight excluding hydrogens is 296 g/mol. The van der Waals surface area contributed by atoms with Crippen molar-refractivity contribution in [1.29, 1.82) is 0 Å². The molecule has 7 heteroatoms. The minimum atomic E-state index is -1.12. The summed E-state index contributed by atoms with van der Waals surface area (Å²) in [5.41, 5.74) is 0.561. The Hall–Kier alpha value is -2.08. The van der Waals surface area contributed by atoms with Crippen molar-refractivity contribution in [3.05, 3.63) is 29.3 Å². The van der Waals surface area contributed by atoms with Crippen molar-refractivity contribution < 1.29 is 19.5 Å². The van der Waals surface area contributed by atoms with Crippen molar-refractivity contribution in [3.63, 3.8) is 0 Å². The number of halogens is 1. The smallest absolute Gasteiger partial charge is 0.325 e. The highest BCUT2D eigenvalue weighted by Crippen LogP contribution is 2.30. The lowest BCUT2D eigenvalue weighted by Gasteiger charge is -2.18. The molecule has 0 aromatic heterocycles. The Labute approximate surface area is 126 Å². The summed E-state index contributed by atoms with van der Waals surface area (Å²) in [6, 6.07) is 5.91. The molecule has 2 N–H and O–H groups in total. The molecule has 2 rings (SSSR count). The van der Waals surface area contributed by atoms with E-state index in [1.807, 2.05) is 0 Å². The van der Waals surface area contributed by atoms with Crippen molar-refractivity contribution >= 4 is 35.1 Å². The van der Waals surface area contributed by atoms with E-state index in [4.69, 9.17) is 16.7 Å². The fourth-order valence-corrected chi connectivity index (χ4v) is 2.42. The first-order chi connectivity index (χ1) is 9.90. The third-order valence-corrected chi connectivity index (χ3v) is 3.69. The molecule has 0 saturated carbocycles. The van der Waals surface area contributed by atoms with Gasteiger partial charge in [0.15, 0.2) is 0 Å². The first-order valence-electron chi connectivity index (χ1n) is 6.48. The summed E-state index contributed by atoms with van der Waals surface area (Å²) >= 11 is 6.05. The van der Waals surface area contributed by atoms with Crippen LogP contribution in [0.15, 0.2) is 24.3 Å². The molecule has 1 fully saturated rings. The standard InChI is InChI=1S/C14H15ClN2O4/c1-8(14(20)21)16-13(19)9-6-12(18)17(7-9)11-5-3-2-4-10(11)15/h2-5,8-9H,6-7H2,1H3,(H,16,19)(H,20,21)/t8-,9-/m0/s1. The van der Waals surface area contributed by atoms with E-state index >= 15 is 0 Å². The monoisotopic (exact) mass is 310 g/mol. The van der Waals surface area contributed by atoms with Gasteiger partial charge in [0.25, 0.3) is 0 Å². The SMILES string of the molecule is C[C@H](NC(=O)[C@H]1CC(=O)N(c2ccccc2Cl)C1)C(=O)O. The number of para-hydroxylation sites is 1. The van der Waals surface area contributed by atoms with Crippen LogP contribution in [0.1, 0.15) is 13.3 Å². The lowest BCUT2D eigenvalue weighted by molar-refractivity contribution is -0.141. The minimum absolute atomic E-state index is 0.0450. The first-order valence-corrected chi connectivity index (χ1v) is 6.86. The quantitative estimate of drug-likeness (QED) is 0.877. The molecule has 0 radical (unpaired) electrons. The molecule has 1 saturated heterocycles. The number of carbonyl (C=O) groups excluding carboxylic acids is 2. The Bertz CT molecular complexity index is 590. The third-order valence-electron chi connectivity index (χ3n) is 3.37. The second kappa shape index (κ2) is 6.13. The molecule has 1 aliphatic heterocycles. The molecule has 1 heterocycles. The number of anilines is 1. The summed E-state index contributed by atoms with van der Waals surface area (Å²) in [6.07, 6.45) is 0.0450. The van der Waals surface area contributed by atoms with Crippen LogP contribution in [-0.4, -0.2) is 35.5 Å². The Kier molecular flexibility index (Phi) is 4.47. The number of carboxylic acid groups (broad SMARTS) is 1. The van der Waals surface area contributed by atoms with Crippen LogP contribution < -0.4 is 10.2 Å². The predicted molar refractivity (Wildman–Crippen MR) is 77.2 cm³/mol. The lowest BCUT2D eigenvalue weighted by Crippen LogP contribution is -2.42. The molecule has 112 valence electrons. The maximum atomic E-state index is 12.0. The number of amides is 2. The van der Waals surface area contributed by atoms with Gasteiger partial charge in [-0.1, -0.05) is 23.7 Å². The number of nitrogens with one attached hydrogen (secondary N) is 1. The van der Waals surface area contributed by atoms with E-state index < -0.39 is 23.8 Å². The molecule has 2 amide bonds. The average Bonchev–Trinajstić information content (AvgIpc) is 2.81. The zero-order chi connectivity index (χ0) is 15.6. The van der Waals surface area contributed by atoms with Crippen molar-refractivity contribution in [2.45, 2.75) is 19.4 Å². The summed E-state index contributed by atoms with van der Waals surface area (Å²) in [5.74, 6) is -2.33. The van der Waals surface area contributed by atoms with Crippen LogP contribution in [0.25, 0.3) is 0 Å². The van der Waals surface area contributed by atoms with Crippen LogP contribution >= 0.6 is 11.6 Å². The average molecular weight is 311 g/mol. The van der Waals surface area contributed by atoms with Crippen LogP contribution in [0.4, 0.5) is 5.69 Å². The Morgan fingerprint density at radius 1 is 1.43 bits per heavy atom. The van der Waals surface area contributed by atoms with E-state index in [9.17, 15) is 14.4 Å². The molecule has 0 spiro atoms. The summed E-state index contributed by atoms with van der Waals surface area (Å²) in [4.78, 5) is 36.2. The van der Waals surface area contributed by atoms with Gasteiger partial charge in [-0.3, -0.25) is 14.4 Å². The van der Waals surface area contributed by atoms with Crippen molar-refractivity contribution in [2.24, 2.45) is 5.92 Å². The molecule has 1 aromatic carbocycles. The van der Waals surface area contributed by atoms with Crippen LogP contribution in [0.2, 0.25) is 5.02 Å². The third kappa shape index (κ3) is 3.33. The Morgan fingerprint density at radius 3 is 2.71 bits per heavy atom. The van der Waals surface area contributed by atoms with E-state index in [0.717, 1.165) is 0 Å². The number of hydrogen-bond donors (Lipinski definition) is 2. The van der Waals surface area contributed by atoms with Gasteiger partial charge < -0.3 is 15.3 Å². The number of carboxylic acids is 1. The van der Waals surface area contributed by atoms with Gasteiger partial charge in [-0.15, -0.1) is 0 Å². The van der Waals surface area contributed by atoms with E-state index in [0.29, 0.717) is 10.7 Å². The second-order valence-corrected chi connectivity index (χ2v) is 5.33. The van der Waals surface area contributed by atoms with Crippen molar-refractivity contribution in [2.75, 3.05) is 11.4 Å². The maximum Gasteiger partial charge on any atom is 0.325 e. The number of carbonyl (C=O) groups is 3. The van der Waals surface area contributed by atoms with Gasteiger partial charge in [-0.25, -0.2) is 0 Å². The molecule has 0 aliphatic carbocycles. The molecule has 2 atom stereocenters. The van der Waals surface area contributed by atoms with E-state index in [-0.39, 0.29) is 18.9 Å². The Morgan fingerprint density at radius 2 is 2.10 bits per heavy atom. The van der Waals surface area contributed by atoms with Gasteiger partial charge in [-0.2, -0.15) is 0 Å². The van der Waals surface area contributed by atoms with Gasteiger partial charge >= 0.3 is 5.97 Å². The molecule has 0 unspecified atom stereocenters. The highest BCUT2D eigenvalue weighted by atomic mass is 35.5. The van der Waals surface area contributed by atoms with Gasteiger partial charge in [0.05, 0.1) is 16.6 Å². The van der Waals surface area contributed by atoms with Crippen LogP contribution in [0.3, 0.4) is 0 Å². The topological polar surface area (TPSA) is 86.7 Å². The summed E-state index contributed by atoms with van der Waals surface area (Å²) in [7, 11) is 0. The summed E-state index contributed by atoms with van der Waals surface area (Å²) in [5, 5.41) is 11.6. The van der Waals surface area contributed by atoms with Gasteiger partial charge in [-0.05, 0) is 19.1 Å². The molecule has 0 bridgehead atoms. The zero-order valence-electron chi connectivity index (χ0n) is 11.4. The van der Waals surface area contributed by atoms with Crippen molar-refractivity contribution in [1.82, 2.24) is 5.32 Å². The van der Waals surface area contributed by atoms with Crippen molar-refractivity contribution in [3.8, 4) is 0 Å². The normalized spacial score (nSPS) is 19.4. The van der Waals surface area contributed by atoms with E-state index in [1.165, 1.54) is 11.8 Å². The minimum Gasteiger partial charge on any atom is -0.480 e. The lowest BCUT2D eigenvalue weighted by atomic mass is 10.1. The largest absolute Gasteiger partial charge is 0.480 e. The summed E-state index contributed by atoms with van der Waals surface area (Å²) in [6.45, 7) is 1.57. The predicted octanol–water partition coefficient (Wildman–Crippen LogP) is 1.28. The van der Waals surface area contributed by atoms with E-state index in [1.54, 1.807) is 24.3 Å². The van der Waals surface area contributed by atoms with Crippen LogP contribution in [0.5, 0.6) is 0 Å². The molecule has 1 aromatic rings. The maximum absolute atomic E-state index is 12.0. The molecule has 6 nitrogen and oxygen atoms in total. The van der Waals surface area contributed by atoms with E-state index in [2.05, 4.69) is 5.32 Å². The van der Waals surface area contributed by atoms with Crippen LogP contribution in [-0.2, 0) is 14.4 Å². The van der Waals surface area contributed by atoms with Crippen LogP contribution in [0, 0.1) is 5.92 Å². The highest BCUT2D eigenvalue weighted by Gasteiger charge is 2.36. The molecular formula is C14H15ClN2O4. The fraction of sp³-hybridized carbons (Fsp3) is 0.357. The number of hydrogen-bond acceptors (Lipinski definition) is 3. The second-order valence-electron chi connectivity index (χ2n) is 4.93. The molecule has 1 aliphatic rings. The zero-order valence-corrected chi connectivity index (χ0v) is 12.1. The summed E-state index contributed by atoms with van der Waals surface area (Å²) < 4.78 is 0. The first kappa shape index (κ1) is 15.3. The number of rotatable bonds is 4.